The number of benzene rings is 1. The Labute approximate surface area is 100 Å². The molecule has 1 fully saturated rings. The largest absolute Gasteiger partial charge is 0.398 e. The number of rotatable bonds is 3. The Balaban J connectivity index is 2.22. The minimum Gasteiger partial charge on any atom is -0.398 e. The molecule has 1 amide bonds. The van der Waals surface area contributed by atoms with E-state index in [0.29, 0.717) is 22.3 Å². The monoisotopic (exact) mass is 238 g/mol. The fraction of sp³-hybridized carbons (Fsp3) is 0.417. The van der Waals surface area contributed by atoms with Gasteiger partial charge in [0, 0.05) is 18.2 Å². The van der Waals surface area contributed by atoms with Gasteiger partial charge in [-0.3, -0.25) is 4.79 Å². The summed E-state index contributed by atoms with van der Waals surface area (Å²) in [6.07, 6.45) is 2.23. The van der Waals surface area contributed by atoms with Crippen LogP contribution in [0.1, 0.15) is 30.1 Å². The second-order valence-corrected chi connectivity index (χ2v) is 4.47. The third-order valence-electron chi connectivity index (χ3n) is 2.84. The van der Waals surface area contributed by atoms with Crippen LogP contribution in [0.3, 0.4) is 0 Å². The van der Waals surface area contributed by atoms with Crippen LogP contribution in [-0.2, 0) is 0 Å². The van der Waals surface area contributed by atoms with Crippen LogP contribution in [0.2, 0.25) is 5.02 Å². The average Bonchev–Trinajstić information content (AvgIpc) is 3.07. The standard InChI is InChI=1S/C12H15ClN2O/c1-2-15(9-4-5-9)12(16)8-3-6-11(14)10(13)7-8/h3,6-7,9H,2,4-5,14H2,1H3. The number of nitrogen functional groups attached to an aromatic ring is 1. The Morgan fingerprint density at radius 1 is 1.56 bits per heavy atom. The number of carbonyl (C=O) groups excluding carboxylic acids is 1. The molecular weight excluding hydrogens is 224 g/mol. The van der Waals surface area contributed by atoms with Crippen molar-refractivity contribution in [2.75, 3.05) is 12.3 Å². The second kappa shape index (κ2) is 4.34. The van der Waals surface area contributed by atoms with Crippen molar-refractivity contribution >= 4 is 23.2 Å². The SMILES string of the molecule is CCN(C(=O)c1ccc(N)c(Cl)c1)C1CC1. The molecule has 1 saturated carbocycles. The molecule has 0 bridgehead atoms. The summed E-state index contributed by atoms with van der Waals surface area (Å²) in [6.45, 7) is 2.74. The molecule has 1 aromatic carbocycles. The fourth-order valence-corrected chi connectivity index (χ4v) is 1.96. The zero-order valence-electron chi connectivity index (χ0n) is 9.24. The van der Waals surface area contributed by atoms with Gasteiger partial charge in [-0.1, -0.05) is 11.6 Å². The number of nitrogens with zero attached hydrogens (tertiary/aromatic N) is 1. The van der Waals surface area contributed by atoms with E-state index in [2.05, 4.69) is 0 Å². The number of amides is 1. The number of nitrogens with two attached hydrogens (primary N) is 1. The van der Waals surface area contributed by atoms with Gasteiger partial charge in [-0.05, 0) is 38.0 Å². The van der Waals surface area contributed by atoms with Crippen molar-refractivity contribution in [3.05, 3.63) is 28.8 Å². The maximum atomic E-state index is 12.1. The third kappa shape index (κ3) is 2.14. The predicted octanol–water partition coefficient (Wildman–Crippen LogP) is 2.55. The summed E-state index contributed by atoms with van der Waals surface area (Å²) < 4.78 is 0. The number of carbonyl (C=O) groups is 1. The molecule has 3 nitrogen and oxygen atoms in total. The molecule has 0 saturated heterocycles. The van der Waals surface area contributed by atoms with Gasteiger partial charge >= 0.3 is 0 Å². The normalized spacial score (nSPS) is 14.9. The van der Waals surface area contributed by atoms with Crippen molar-refractivity contribution in [3.63, 3.8) is 0 Å². The number of anilines is 1. The first kappa shape index (κ1) is 11.3. The van der Waals surface area contributed by atoms with Crippen molar-refractivity contribution < 1.29 is 4.79 Å². The summed E-state index contributed by atoms with van der Waals surface area (Å²) >= 11 is 5.91. The van der Waals surface area contributed by atoms with Gasteiger partial charge in [0.05, 0.1) is 10.7 Å². The quantitative estimate of drug-likeness (QED) is 0.823. The minimum absolute atomic E-state index is 0.0481. The molecule has 86 valence electrons. The van der Waals surface area contributed by atoms with E-state index >= 15 is 0 Å². The van der Waals surface area contributed by atoms with Crippen LogP contribution >= 0.6 is 11.6 Å². The Morgan fingerprint density at radius 3 is 2.75 bits per heavy atom. The third-order valence-corrected chi connectivity index (χ3v) is 3.16. The second-order valence-electron chi connectivity index (χ2n) is 4.06. The summed E-state index contributed by atoms with van der Waals surface area (Å²) in [6, 6.07) is 5.48. The first-order valence-corrected chi connectivity index (χ1v) is 5.87. The zero-order valence-corrected chi connectivity index (χ0v) is 10.00. The van der Waals surface area contributed by atoms with Gasteiger partial charge in [0.15, 0.2) is 0 Å². The molecule has 16 heavy (non-hydrogen) atoms. The van der Waals surface area contributed by atoms with E-state index in [0.717, 1.165) is 19.4 Å². The molecular formula is C12H15ClN2O. The molecule has 1 aliphatic carbocycles. The summed E-state index contributed by atoms with van der Waals surface area (Å²) in [5, 5.41) is 0.442. The van der Waals surface area contributed by atoms with Crippen molar-refractivity contribution in [1.82, 2.24) is 4.90 Å². The molecule has 2 rings (SSSR count). The zero-order chi connectivity index (χ0) is 11.7. The Morgan fingerprint density at radius 2 is 2.25 bits per heavy atom. The molecule has 0 heterocycles. The molecule has 0 spiro atoms. The van der Waals surface area contributed by atoms with E-state index in [4.69, 9.17) is 17.3 Å². The lowest BCUT2D eigenvalue weighted by molar-refractivity contribution is 0.0752. The fourth-order valence-electron chi connectivity index (χ4n) is 1.78. The predicted molar refractivity (Wildman–Crippen MR) is 65.6 cm³/mol. The number of hydrogen-bond acceptors (Lipinski definition) is 2. The van der Waals surface area contributed by atoms with Crippen LogP contribution in [-0.4, -0.2) is 23.4 Å². The van der Waals surface area contributed by atoms with Crippen LogP contribution in [0.15, 0.2) is 18.2 Å². The van der Waals surface area contributed by atoms with Gasteiger partial charge in [-0.15, -0.1) is 0 Å². The maximum Gasteiger partial charge on any atom is 0.254 e. The van der Waals surface area contributed by atoms with Gasteiger partial charge in [-0.2, -0.15) is 0 Å². The lowest BCUT2D eigenvalue weighted by Crippen LogP contribution is -2.32. The summed E-state index contributed by atoms with van der Waals surface area (Å²) in [5.41, 5.74) is 6.74. The van der Waals surface area contributed by atoms with Crippen LogP contribution in [0.4, 0.5) is 5.69 Å². The van der Waals surface area contributed by atoms with Gasteiger partial charge in [0.1, 0.15) is 0 Å². The summed E-state index contributed by atoms with van der Waals surface area (Å²) in [5.74, 6) is 0.0481. The highest BCUT2D eigenvalue weighted by Crippen LogP contribution is 2.29. The molecule has 0 atom stereocenters. The summed E-state index contributed by atoms with van der Waals surface area (Å²) in [7, 11) is 0. The number of halogens is 1. The lowest BCUT2D eigenvalue weighted by atomic mass is 10.2. The molecule has 1 aromatic rings. The van der Waals surface area contributed by atoms with Crippen molar-refractivity contribution in [2.24, 2.45) is 0 Å². The average molecular weight is 239 g/mol. The van der Waals surface area contributed by atoms with E-state index in [-0.39, 0.29) is 5.91 Å². The summed E-state index contributed by atoms with van der Waals surface area (Å²) in [4.78, 5) is 14.0. The van der Waals surface area contributed by atoms with Crippen molar-refractivity contribution in [2.45, 2.75) is 25.8 Å². The van der Waals surface area contributed by atoms with Gasteiger partial charge < -0.3 is 10.6 Å². The highest BCUT2D eigenvalue weighted by molar-refractivity contribution is 6.33. The van der Waals surface area contributed by atoms with Crippen LogP contribution in [0, 0.1) is 0 Å². The molecule has 0 unspecified atom stereocenters. The molecule has 1 aliphatic rings. The van der Waals surface area contributed by atoms with Crippen LogP contribution in [0.25, 0.3) is 0 Å². The Bertz CT molecular complexity index is 415. The van der Waals surface area contributed by atoms with Crippen molar-refractivity contribution in [3.8, 4) is 0 Å². The number of hydrogen-bond donors (Lipinski definition) is 1. The smallest absolute Gasteiger partial charge is 0.254 e. The van der Waals surface area contributed by atoms with Crippen molar-refractivity contribution in [1.29, 1.82) is 0 Å². The first-order chi connectivity index (χ1) is 7.63. The molecule has 0 aliphatic heterocycles. The highest BCUT2D eigenvalue weighted by Gasteiger charge is 2.31. The molecule has 0 aromatic heterocycles. The Kier molecular flexibility index (Phi) is 3.06. The van der Waals surface area contributed by atoms with Gasteiger partial charge in [-0.25, -0.2) is 0 Å². The van der Waals surface area contributed by atoms with Gasteiger partial charge in [0.2, 0.25) is 0 Å². The van der Waals surface area contributed by atoms with Crippen LogP contribution < -0.4 is 5.73 Å². The maximum absolute atomic E-state index is 12.1. The topological polar surface area (TPSA) is 46.3 Å². The van der Waals surface area contributed by atoms with Crippen LogP contribution in [0.5, 0.6) is 0 Å². The van der Waals surface area contributed by atoms with E-state index < -0.39 is 0 Å². The Hall–Kier alpha value is -1.22. The molecule has 2 N–H and O–H groups in total. The van der Waals surface area contributed by atoms with E-state index in [9.17, 15) is 4.79 Å². The molecule has 4 heteroatoms. The highest BCUT2D eigenvalue weighted by atomic mass is 35.5. The minimum atomic E-state index is 0.0481. The van der Waals surface area contributed by atoms with E-state index in [1.165, 1.54) is 0 Å². The van der Waals surface area contributed by atoms with Gasteiger partial charge in [0.25, 0.3) is 5.91 Å². The van der Waals surface area contributed by atoms with E-state index in [1.807, 2.05) is 11.8 Å². The van der Waals surface area contributed by atoms with E-state index in [1.54, 1.807) is 18.2 Å². The lowest BCUT2D eigenvalue weighted by Gasteiger charge is -2.20. The molecule has 0 radical (unpaired) electrons. The first-order valence-electron chi connectivity index (χ1n) is 5.49.